The van der Waals surface area contributed by atoms with Gasteiger partial charge in [-0.1, -0.05) is 62.4 Å². The lowest BCUT2D eigenvalue weighted by atomic mass is 9.44. The second-order valence-electron chi connectivity index (χ2n) is 19.1. The summed E-state index contributed by atoms with van der Waals surface area (Å²) in [7, 11) is 0. The van der Waals surface area contributed by atoms with E-state index in [0.29, 0.717) is 0 Å². The van der Waals surface area contributed by atoms with E-state index < -0.39 is 143 Å². The van der Waals surface area contributed by atoms with Gasteiger partial charge in [0, 0.05) is 25.2 Å². The number of fused-ring (bicyclic) bond motifs is 5. The van der Waals surface area contributed by atoms with E-state index in [1.54, 1.807) is 69.3 Å². The topological polar surface area (TPSA) is 288 Å². The van der Waals surface area contributed by atoms with Gasteiger partial charge in [0.1, 0.15) is 41.7 Å². The van der Waals surface area contributed by atoms with E-state index in [1.807, 2.05) is 0 Å². The minimum absolute atomic E-state index is 0.0169. The molecule has 6 rings (SSSR count). The number of amides is 1. The number of nitrogens with one attached hydrogen (secondary N) is 1. The van der Waals surface area contributed by atoms with E-state index in [1.165, 1.54) is 39.8 Å². The number of hydrogen-bond donors (Lipinski definition) is 6. The first-order valence-corrected chi connectivity index (χ1v) is 21.5. The van der Waals surface area contributed by atoms with Gasteiger partial charge in [0.05, 0.1) is 36.0 Å². The number of carboxylic acids is 1. The third-order valence-corrected chi connectivity index (χ3v) is 13.5. The molecule has 3 aliphatic carbocycles. The van der Waals surface area contributed by atoms with Crippen molar-refractivity contribution in [3.05, 3.63) is 82.9 Å². The number of Topliss-reactive ketones (excluding diaryl/α,β-unsaturated/α-hetero) is 1. The summed E-state index contributed by atoms with van der Waals surface area (Å²) in [4.78, 5) is 95.1. The normalized spacial score (nSPS) is 31.4. The molecule has 2 bridgehead atoms. The maximum atomic E-state index is 15.5. The van der Waals surface area contributed by atoms with Crippen LogP contribution < -0.4 is 5.32 Å². The van der Waals surface area contributed by atoms with Crippen LogP contribution in [0.1, 0.15) is 96.6 Å². The molecule has 1 amide bonds. The molecule has 12 atom stereocenters. The number of hydrogen-bond acceptors (Lipinski definition) is 17. The molecule has 4 aliphatic rings. The van der Waals surface area contributed by atoms with Gasteiger partial charge in [-0.15, -0.1) is 0 Å². The molecule has 2 aromatic rings. The Morgan fingerprint density at radius 2 is 1.53 bits per heavy atom. The monoisotopic (exact) mass is 923 g/mol. The zero-order valence-electron chi connectivity index (χ0n) is 37.8. The second kappa shape index (κ2) is 18.2. The van der Waals surface area contributed by atoms with Gasteiger partial charge in [-0.25, -0.2) is 19.2 Å². The van der Waals surface area contributed by atoms with Crippen LogP contribution in [0.4, 0.5) is 4.79 Å². The van der Waals surface area contributed by atoms with Crippen molar-refractivity contribution in [2.24, 2.45) is 16.7 Å². The minimum Gasteiger partial charge on any atom is -0.479 e. The van der Waals surface area contributed by atoms with Crippen LogP contribution in [-0.2, 0) is 52.4 Å². The highest BCUT2D eigenvalue weighted by Crippen LogP contribution is 2.64. The number of benzene rings is 2. The van der Waals surface area contributed by atoms with E-state index >= 15 is 4.79 Å². The predicted molar refractivity (Wildman–Crippen MR) is 226 cm³/mol. The first kappa shape index (κ1) is 49.7. The molecule has 1 unspecified atom stereocenters. The molecule has 3 fully saturated rings. The molecule has 1 heterocycles. The molecule has 358 valence electrons. The lowest BCUT2D eigenvalue weighted by molar-refractivity contribution is -0.346. The SMILES string of the molecule is CC(=O)O[C@@]12CO[C@@H]1C[C@H](OC(=O)CC(O)C(=O)O)[C@@]1(C)C(=O)[C@H](O)C3=C(C)[C@@H](OC(=O)[C@H](O)[C@@H](NC(=O)OC(C)(C)C)c4ccccc4)C[C@@](O)([C@@H](OC(=O)c4ccccc4)[C@H]21)C3(C)C. The largest absolute Gasteiger partial charge is 0.479 e. The molecule has 19 nitrogen and oxygen atoms in total. The average molecular weight is 924 g/mol. The Kier molecular flexibility index (Phi) is 13.7. The van der Waals surface area contributed by atoms with Gasteiger partial charge in [-0.2, -0.15) is 0 Å². The van der Waals surface area contributed by atoms with Crippen molar-refractivity contribution >= 4 is 41.7 Å². The molecule has 6 N–H and O–H groups in total. The van der Waals surface area contributed by atoms with Crippen LogP contribution in [0.15, 0.2) is 71.8 Å². The fourth-order valence-corrected chi connectivity index (χ4v) is 10.2. The lowest BCUT2D eigenvalue weighted by Crippen LogP contribution is -2.82. The third kappa shape index (κ3) is 8.93. The Morgan fingerprint density at radius 1 is 0.924 bits per heavy atom. The summed E-state index contributed by atoms with van der Waals surface area (Å²) in [6.07, 6.45) is -16.1. The number of alkyl carbamates (subject to hydrolysis) is 1. The number of ketones is 1. The molecular formula is C47H57NO18. The zero-order valence-corrected chi connectivity index (χ0v) is 37.8. The first-order chi connectivity index (χ1) is 30.7. The van der Waals surface area contributed by atoms with Gasteiger partial charge in [0.15, 0.2) is 23.6 Å². The Bertz CT molecular complexity index is 2270. The summed E-state index contributed by atoms with van der Waals surface area (Å²) in [6.45, 7) is 11.1. The van der Waals surface area contributed by atoms with Crippen molar-refractivity contribution < 1.29 is 87.5 Å². The molecule has 1 aliphatic heterocycles. The molecule has 0 radical (unpaired) electrons. The third-order valence-electron chi connectivity index (χ3n) is 13.5. The Morgan fingerprint density at radius 3 is 2.08 bits per heavy atom. The molecular weight excluding hydrogens is 867 g/mol. The van der Waals surface area contributed by atoms with E-state index in [-0.39, 0.29) is 28.7 Å². The van der Waals surface area contributed by atoms with Gasteiger partial charge in [-0.3, -0.25) is 14.4 Å². The quantitative estimate of drug-likeness (QED) is 0.101. The highest BCUT2D eigenvalue weighted by molar-refractivity contribution is 5.94. The summed E-state index contributed by atoms with van der Waals surface area (Å²) >= 11 is 0. The number of carbonyl (C=O) groups excluding carboxylic acids is 6. The van der Waals surface area contributed by atoms with Gasteiger partial charge in [0.25, 0.3) is 0 Å². The molecule has 19 heteroatoms. The number of aliphatic hydroxyl groups is 4. The fourth-order valence-electron chi connectivity index (χ4n) is 10.2. The summed E-state index contributed by atoms with van der Waals surface area (Å²) in [5.41, 5.74) is -9.36. The van der Waals surface area contributed by atoms with Crippen LogP contribution in [0.25, 0.3) is 0 Å². The maximum Gasteiger partial charge on any atom is 0.408 e. The number of carbonyl (C=O) groups is 7. The van der Waals surface area contributed by atoms with Crippen molar-refractivity contribution in [2.45, 2.75) is 140 Å². The fraction of sp³-hybridized carbons (Fsp3) is 0.553. The Hall–Kier alpha value is -5.73. The van der Waals surface area contributed by atoms with Crippen LogP contribution in [0.3, 0.4) is 0 Å². The number of rotatable bonds is 12. The van der Waals surface area contributed by atoms with Crippen molar-refractivity contribution in [1.29, 1.82) is 0 Å². The lowest BCUT2D eigenvalue weighted by Gasteiger charge is -2.67. The van der Waals surface area contributed by atoms with Crippen LogP contribution in [0.5, 0.6) is 0 Å². The summed E-state index contributed by atoms with van der Waals surface area (Å²) in [5.74, 6) is -9.06. The zero-order chi connectivity index (χ0) is 48.9. The van der Waals surface area contributed by atoms with Gasteiger partial charge in [-0.05, 0) is 63.5 Å². The van der Waals surface area contributed by atoms with Crippen molar-refractivity contribution in [3.63, 3.8) is 0 Å². The molecule has 0 aromatic heterocycles. The van der Waals surface area contributed by atoms with E-state index in [0.717, 1.165) is 6.92 Å². The van der Waals surface area contributed by atoms with Crippen molar-refractivity contribution in [1.82, 2.24) is 5.32 Å². The van der Waals surface area contributed by atoms with Gasteiger partial charge < -0.3 is 59.3 Å². The summed E-state index contributed by atoms with van der Waals surface area (Å²) in [6, 6.07) is 14.1. The van der Waals surface area contributed by atoms with Crippen LogP contribution in [-0.4, -0.2) is 133 Å². The van der Waals surface area contributed by atoms with Crippen molar-refractivity contribution in [2.75, 3.05) is 6.61 Å². The number of carboxylic acid groups (broad SMARTS) is 1. The standard InChI is InChI=1S/C47H57NO18/c1-23-28(62-41(58)35(53)33(25-15-11-9-12-16-25)48-42(59)66-43(3,4)5)21-47(60)38(64-40(57)26-17-13-10-14-18-26)36-45(8,37(54)34(52)32(23)44(47,6)7)29(63-31(51)19-27(50)39(55)56)20-30-46(36,22-61-30)65-24(2)49/h9-18,27-30,33-36,38,50,52-53,60H,19-22H2,1-8H3,(H,48,59)(H,55,56)/t27?,28-,29-,30+,33-,34+,35+,36-,38-,45+,46-,47+/m0/s1. The number of esters is 4. The molecule has 66 heavy (non-hydrogen) atoms. The number of aliphatic hydroxyl groups excluding tert-OH is 3. The van der Waals surface area contributed by atoms with Crippen LogP contribution in [0, 0.1) is 16.7 Å². The summed E-state index contributed by atoms with van der Waals surface area (Å²) in [5, 5.41) is 59.7. The molecule has 2 saturated carbocycles. The first-order valence-electron chi connectivity index (χ1n) is 21.5. The highest BCUT2D eigenvalue weighted by Gasteiger charge is 2.78. The highest BCUT2D eigenvalue weighted by atomic mass is 16.6. The predicted octanol–water partition coefficient (Wildman–Crippen LogP) is 2.65. The van der Waals surface area contributed by atoms with Gasteiger partial charge >= 0.3 is 35.9 Å². The van der Waals surface area contributed by atoms with E-state index in [4.69, 9.17) is 28.4 Å². The number of ether oxygens (including phenoxy) is 6. The van der Waals surface area contributed by atoms with Crippen molar-refractivity contribution in [3.8, 4) is 0 Å². The van der Waals surface area contributed by atoms with Gasteiger partial charge in [0.2, 0.25) is 0 Å². The average Bonchev–Trinajstić information content (AvgIpc) is 3.23. The summed E-state index contributed by atoms with van der Waals surface area (Å²) < 4.78 is 35.5. The van der Waals surface area contributed by atoms with Crippen LogP contribution in [0.2, 0.25) is 0 Å². The minimum atomic E-state index is -2.53. The molecule has 1 saturated heterocycles. The van der Waals surface area contributed by atoms with E-state index in [2.05, 4.69) is 5.32 Å². The molecule has 2 aromatic carbocycles. The van der Waals surface area contributed by atoms with Crippen LogP contribution >= 0.6 is 0 Å². The smallest absolute Gasteiger partial charge is 0.408 e. The molecule has 0 spiro atoms. The Balaban J connectivity index is 1.53. The van der Waals surface area contributed by atoms with E-state index in [9.17, 15) is 54.3 Å². The second-order valence-corrected chi connectivity index (χ2v) is 19.1. The maximum absolute atomic E-state index is 15.5. The number of aliphatic carboxylic acids is 1. The Labute approximate surface area is 380 Å².